The summed E-state index contributed by atoms with van der Waals surface area (Å²) in [4.78, 5) is 4.03. The number of halogens is 2. The van der Waals surface area contributed by atoms with E-state index >= 15 is 0 Å². The van der Waals surface area contributed by atoms with Crippen LogP contribution in [0.25, 0.3) is 0 Å². The Hall–Kier alpha value is -1.39. The predicted molar refractivity (Wildman–Crippen MR) is 98.4 cm³/mol. The van der Waals surface area contributed by atoms with Crippen LogP contribution in [0.1, 0.15) is 39.0 Å². The molecule has 0 amide bonds. The number of nitrogens with zero attached hydrogens (tertiary/aromatic N) is 2. The monoisotopic (exact) mass is 370 g/mol. The summed E-state index contributed by atoms with van der Waals surface area (Å²) in [6.07, 6.45) is 11.0. The van der Waals surface area contributed by atoms with E-state index in [0.717, 1.165) is 38.6 Å². The maximum atomic E-state index is 6.24. The molecule has 0 bridgehead atoms. The van der Waals surface area contributed by atoms with Gasteiger partial charge in [0.2, 0.25) is 0 Å². The summed E-state index contributed by atoms with van der Waals surface area (Å²) >= 11 is 12.5. The molecule has 0 saturated heterocycles. The topological polar surface area (TPSA) is 36.3 Å². The van der Waals surface area contributed by atoms with E-state index in [1.165, 1.54) is 0 Å². The van der Waals surface area contributed by atoms with Crippen molar-refractivity contribution in [2.75, 3.05) is 13.2 Å². The van der Waals surface area contributed by atoms with Gasteiger partial charge >= 0.3 is 0 Å². The first-order valence-electron chi connectivity index (χ1n) is 8.41. The summed E-state index contributed by atoms with van der Waals surface area (Å²) in [5, 5.41) is 0.988. The van der Waals surface area contributed by atoms with Crippen molar-refractivity contribution in [2.24, 2.45) is 0 Å². The standard InChI is InChI=1S/C18H24Cl2N2O2/c1-2-10-23-15-12-16(19)18(17(20)13-15)24-11-6-4-3-5-8-22-9-7-21-14-22/h7,9,12-14H,2-6,8,10-11H2,1H3. The number of unbranched alkanes of at least 4 members (excludes halogenated alkanes) is 3. The van der Waals surface area contributed by atoms with Gasteiger partial charge in [0.15, 0.2) is 5.75 Å². The van der Waals surface area contributed by atoms with E-state index in [-0.39, 0.29) is 0 Å². The maximum absolute atomic E-state index is 6.24. The summed E-state index contributed by atoms with van der Waals surface area (Å²) in [7, 11) is 0. The number of ether oxygens (including phenoxy) is 2. The van der Waals surface area contributed by atoms with Gasteiger partial charge in [-0.3, -0.25) is 0 Å². The van der Waals surface area contributed by atoms with Crippen LogP contribution in [-0.4, -0.2) is 22.8 Å². The highest BCUT2D eigenvalue weighted by Crippen LogP contribution is 2.37. The van der Waals surface area contributed by atoms with Gasteiger partial charge in [-0.05, 0) is 19.3 Å². The molecule has 2 rings (SSSR count). The fourth-order valence-corrected chi connectivity index (χ4v) is 2.90. The molecule has 0 N–H and O–H groups in total. The molecule has 1 heterocycles. The van der Waals surface area contributed by atoms with Gasteiger partial charge < -0.3 is 14.0 Å². The van der Waals surface area contributed by atoms with Gasteiger partial charge in [0, 0.05) is 31.1 Å². The minimum atomic E-state index is 0.494. The van der Waals surface area contributed by atoms with Gasteiger partial charge in [-0.25, -0.2) is 4.98 Å². The van der Waals surface area contributed by atoms with Crippen molar-refractivity contribution in [3.05, 3.63) is 40.9 Å². The minimum absolute atomic E-state index is 0.494. The van der Waals surface area contributed by atoms with Gasteiger partial charge in [0.1, 0.15) is 5.75 Å². The van der Waals surface area contributed by atoms with Crippen molar-refractivity contribution in [3.63, 3.8) is 0 Å². The van der Waals surface area contributed by atoms with E-state index in [2.05, 4.69) is 16.5 Å². The summed E-state index contributed by atoms with van der Waals surface area (Å²) in [5.41, 5.74) is 0. The van der Waals surface area contributed by atoms with E-state index in [0.29, 0.717) is 34.8 Å². The smallest absolute Gasteiger partial charge is 0.156 e. The molecule has 132 valence electrons. The quantitative estimate of drug-likeness (QED) is 0.481. The fourth-order valence-electron chi connectivity index (χ4n) is 2.32. The van der Waals surface area contributed by atoms with Gasteiger partial charge in [-0.15, -0.1) is 0 Å². The maximum Gasteiger partial charge on any atom is 0.156 e. The van der Waals surface area contributed by atoms with Crippen LogP contribution in [0, 0.1) is 0 Å². The third-order valence-corrected chi connectivity index (χ3v) is 4.12. The highest BCUT2D eigenvalue weighted by molar-refractivity contribution is 6.37. The van der Waals surface area contributed by atoms with E-state index in [9.17, 15) is 0 Å². The summed E-state index contributed by atoms with van der Waals surface area (Å²) in [5.74, 6) is 1.22. The average molecular weight is 371 g/mol. The number of benzene rings is 1. The normalized spacial score (nSPS) is 10.8. The average Bonchev–Trinajstić information content (AvgIpc) is 3.07. The molecule has 0 saturated carbocycles. The molecule has 0 spiro atoms. The molecule has 0 aliphatic heterocycles. The van der Waals surface area contributed by atoms with Crippen molar-refractivity contribution in [2.45, 2.75) is 45.6 Å². The van der Waals surface area contributed by atoms with E-state index in [1.54, 1.807) is 18.3 Å². The molecule has 0 aliphatic carbocycles. The second-order valence-corrected chi connectivity index (χ2v) is 6.44. The Morgan fingerprint density at radius 1 is 1.00 bits per heavy atom. The number of hydrogen-bond acceptors (Lipinski definition) is 3. The SMILES string of the molecule is CCCOc1cc(Cl)c(OCCCCCCn2ccnc2)c(Cl)c1. The molecule has 0 unspecified atom stereocenters. The number of aryl methyl sites for hydroxylation is 1. The number of hydrogen-bond donors (Lipinski definition) is 0. The Balaban J connectivity index is 1.66. The van der Waals surface area contributed by atoms with Gasteiger partial charge in [0.25, 0.3) is 0 Å². The molecule has 0 fully saturated rings. The van der Waals surface area contributed by atoms with Crippen LogP contribution in [-0.2, 0) is 6.54 Å². The van der Waals surface area contributed by atoms with Crippen LogP contribution in [0.2, 0.25) is 10.0 Å². The second-order valence-electron chi connectivity index (χ2n) is 5.63. The summed E-state index contributed by atoms with van der Waals surface area (Å²) < 4.78 is 13.4. The van der Waals surface area contributed by atoms with Crippen molar-refractivity contribution in [1.29, 1.82) is 0 Å². The molecule has 2 aromatic rings. The fraction of sp³-hybridized carbons (Fsp3) is 0.500. The van der Waals surface area contributed by atoms with Gasteiger partial charge in [-0.1, -0.05) is 43.0 Å². The molecule has 0 radical (unpaired) electrons. The molecule has 1 aromatic heterocycles. The van der Waals surface area contributed by atoms with Crippen molar-refractivity contribution >= 4 is 23.2 Å². The highest BCUT2D eigenvalue weighted by atomic mass is 35.5. The molecule has 24 heavy (non-hydrogen) atoms. The van der Waals surface area contributed by atoms with E-state index in [4.69, 9.17) is 32.7 Å². The Kier molecular flexibility index (Phi) is 8.26. The zero-order valence-electron chi connectivity index (χ0n) is 14.0. The van der Waals surface area contributed by atoms with Crippen LogP contribution >= 0.6 is 23.2 Å². The minimum Gasteiger partial charge on any atom is -0.493 e. The highest BCUT2D eigenvalue weighted by Gasteiger charge is 2.10. The Bertz CT molecular complexity index is 580. The lowest BCUT2D eigenvalue weighted by Crippen LogP contribution is -2.01. The Morgan fingerprint density at radius 3 is 2.42 bits per heavy atom. The van der Waals surface area contributed by atoms with Crippen LogP contribution in [0.5, 0.6) is 11.5 Å². The van der Waals surface area contributed by atoms with Crippen LogP contribution in [0.4, 0.5) is 0 Å². The van der Waals surface area contributed by atoms with Crippen LogP contribution in [0.3, 0.4) is 0 Å². The van der Waals surface area contributed by atoms with Crippen molar-refractivity contribution in [3.8, 4) is 11.5 Å². The number of aromatic nitrogens is 2. The first-order chi connectivity index (χ1) is 11.7. The Labute approximate surface area is 153 Å². The number of imidazole rings is 1. The molecule has 0 aliphatic rings. The molecule has 1 aromatic carbocycles. The number of rotatable bonds is 11. The summed E-state index contributed by atoms with van der Waals surface area (Å²) in [6, 6.07) is 3.51. The van der Waals surface area contributed by atoms with Crippen molar-refractivity contribution < 1.29 is 9.47 Å². The van der Waals surface area contributed by atoms with Crippen LogP contribution < -0.4 is 9.47 Å². The second kappa shape index (κ2) is 10.5. The Morgan fingerprint density at radius 2 is 1.75 bits per heavy atom. The lowest BCUT2D eigenvalue weighted by molar-refractivity contribution is 0.300. The molecular formula is C18H24Cl2N2O2. The van der Waals surface area contributed by atoms with Crippen molar-refractivity contribution in [1.82, 2.24) is 9.55 Å². The molecule has 4 nitrogen and oxygen atoms in total. The first-order valence-corrected chi connectivity index (χ1v) is 9.16. The third-order valence-electron chi connectivity index (χ3n) is 3.56. The van der Waals surface area contributed by atoms with Gasteiger partial charge in [-0.2, -0.15) is 0 Å². The third kappa shape index (κ3) is 6.25. The largest absolute Gasteiger partial charge is 0.493 e. The molecule has 6 heteroatoms. The zero-order valence-corrected chi connectivity index (χ0v) is 15.5. The lowest BCUT2D eigenvalue weighted by atomic mass is 10.2. The van der Waals surface area contributed by atoms with E-state index < -0.39 is 0 Å². The summed E-state index contributed by atoms with van der Waals surface area (Å²) in [6.45, 7) is 4.32. The van der Waals surface area contributed by atoms with E-state index in [1.807, 2.05) is 12.5 Å². The van der Waals surface area contributed by atoms with Crippen LogP contribution in [0.15, 0.2) is 30.9 Å². The lowest BCUT2D eigenvalue weighted by Gasteiger charge is -2.12. The molecular weight excluding hydrogens is 347 g/mol. The molecule has 0 atom stereocenters. The zero-order chi connectivity index (χ0) is 17.2. The first kappa shape index (κ1) is 18.9. The predicted octanol–water partition coefficient (Wildman–Crippen LogP) is 5.62. The van der Waals surface area contributed by atoms with Gasteiger partial charge in [0.05, 0.1) is 29.6 Å².